The van der Waals surface area contributed by atoms with Gasteiger partial charge in [-0.1, -0.05) is 0 Å². The average molecular weight is 235 g/mol. The van der Waals surface area contributed by atoms with Crippen LogP contribution < -0.4 is 16.4 Å². The molecule has 0 radical (unpaired) electrons. The van der Waals surface area contributed by atoms with Crippen molar-refractivity contribution >= 4 is 17.5 Å². The van der Waals surface area contributed by atoms with Gasteiger partial charge in [0.1, 0.15) is 17.5 Å². The lowest BCUT2D eigenvalue weighted by atomic mass is 10.3. The summed E-state index contributed by atoms with van der Waals surface area (Å²) < 4.78 is 0. The Kier molecular flexibility index (Phi) is 3.12. The number of amides is 1. The van der Waals surface area contributed by atoms with Gasteiger partial charge in [-0.15, -0.1) is 0 Å². The Labute approximate surface area is 100 Å². The number of primary amides is 1. The number of carbonyl (C=O) groups is 1. The average Bonchev–Trinajstić information content (AvgIpc) is 3.08. The van der Waals surface area contributed by atoms with Crippen molar-refractivity contribution in [1.29, 1.82) is 0 Å². The lowest BCUT2D eigenvalue weighted by molar-refractivity contribution is -0.116. The summed E-state index contributed by atoms with van der Waals surface area (Å²) in [6.07, 6.45) is 2.23. The fraction of sp³-hybridized carbons (Fsp3) is 0.545. The number of hydrogen-bond donors (Lipinski definition) is 2. The van der Waals surface area contributed by atoms with E-state index in [1.54, 1.807) is 11.0 Å². The van der Waals surface area contributed by atoms with Crippen LogP contribution in [0.1, 0.15) is 31.5 Å². The normalized spacial score (nSPS) is 14.6. The highest BCUT2D eigenvalue weighted by Gasteiger charge is 2.27. The zero-order valence-corrected chi connectivity index (χ0v) is 9.89. The molecule has 1 aromatic rings. The molecule has 0 unspecified atom stereocenters. The van der Waals surface area contributed by atoms with E-state index in [1.165, 1.54) is 0 Å². The molecule has 1 heterocycles. The predicted octanol–water partition coefficient (Wildman–Crippen LogP) is 0.248. The van der Waals surface area contributed by atoms with E-state index in [2.05, 4.69) is 9.97 Å². The molecule has 0 saturated heterocycles. The maximum atomic E-state index is 11.0. The number of carbonyl (C=O) groups excluding carboxylic acids is 1. The van der Waals surface area contributed by atoms with Crippen LogP contribution in [-0.2, 0) is 4.79 Å². The molecule has 1 fully saturated rings. The molecular weight excluding hydrogens is 218 g/mol. The Morgan fingerprint density at radius 2 is 2.24 bits per heavy atom. The van der Waals surface area contributed by atoms with E-state index in [-0.39, 0.29) is 12.5 Å². The molecule has 1 aliphatic carbocycles. The second-order valence-corrected chi connectivity index (χ2v) is 4.26. The van der Waals surface area contributed by atoms with Crippen molar-refractivity contribution in [3.8, 4) is 0 Å². The summed E-state index contributed by atoms with van der Waals surface area (Å²) in [5.41, 5.74) is 11.0. The number of anilines is 2. The summed E-state index contributed by atoms with van der Waals surface area (Å²) in [6, 6.07) is 1.68. The number of nitrogens with two attached hydrogens (primary N) is 2. The standard InChI is InChI=1S/C11H17N5O/c1-2-16(6-9(13)17)10-5-8(12)14-11(15-10)7-3-4-7/h5,7H,2-4,6H2,1H3,(H2,13,17)(H2,12,14,15). The van der Waals surface area contributed by atoms with Gasteiger partial charge in [0.05, 0.1) is 6.54 Å². The van der Waals surface area contributed by atoms with Crippen molar-refractivity contribution in [2.45, 2.75) is 25.7 Å². The fourth-order valence-corrected chi connectivity index (χ4v) is 1.70. The highest BCUT2D eigenvalue weighted by Crippen LogP contribution is 2.38. The van der Waals surface area contributed by atoms with E-state index >= 15 is 0 Å². The van der Waals surface area contributed by atoms with Gasteiger partial charge < -0.3 is 16.4 Å². The van der Waals surface area contributed by atoms with Gasteiger partial charge >= 0.3 is 0 Å². The van der Waals surface area contributed by atoms with E-state index in [1.807, 2.05) is 6.92 Å². The molecule has 0 aromatic carbocycles. The lowest BCUT2D eigenvalue weighted by Crippen LogP contribution is -2.34. The zero-order valence-electron chi connectivity index (χ0n) is 9.89. The molecule has 92 valence electrons. The van der Waals surface area contributed by atoms with Crippen LogP contribution in [0.25, 0.3) is 0 Å². The Balaban J connectivity index is 2.25. The van der Waals surface area contributed by atoms with E-state index in [0.717, 1.165) is 18.7 Å². The number of nitrogen functional groups attached to an aromatic ring is 1. The van der Waals surface area contributed by atoms with Crippen LogP contribution in [0.3, 0.4) is 0 Å². The molecule has 1 aromatic heterocycles. The number of rotatable bonds is 5. The third-order valence-electron chi connectivity index (χ3n) is 2.74. The summed E-state index contributed by atoms with van der Waals surface area (Å²) in [6.45, 7) is 2.75. The van der Waals surface area contributed by atoms with Crippen molar-refractivity contribution in [2.24, 2.45) is 5.73 Å². The number of nitrogens with zero attached hydrogens (tertiary/aromatic N) is 3. The van der Waals surface area contributed by atoms with Crippen molar-refractivity contribution in [1.82, 2.24) is 9.97 Å². The van der Waals surface area contributed by atoms with E-state index in [9.17, 15) is 4.79 Å². The maximum absolute atomic E-state index is 11.0. The fourth-order valence-electron chi connectivity index (χ4n) is 1.70. The first-order chi connectivity index (χ1) is 8.10. The van der Waals surface area contributed by atoms with Crippen LogP contribution in [-0.4, -0.2) is 29.0 Å². The van der Waals surface area contributed by atoms with Gasteiger partial charge in [0.2, 0.25) is 5.91 Å². The van der Waals surface area contributed by atoms with Crippen LogP contribution in [0.4, 0.5) is 11.6 Å². The first-order valence-corrected chi connectivity index (χ1v) is 5.78. The van der Waals surface area contributed by atoms with Gasteiger partial charge in [-0.05, 0) is 19.8 Å². The SMILES string of the molecule is CCN(CC(N)=O)c1cc(N)nc(C2CC2)n1. The summed E-state index contributed by atoms with van der Waals surface area (Å²) >= 11 is 0. The molecule has 6 nitrogen and oxygen atoms in total. The van der Waals surface area contributed by atoms with Crippen molar-refractivity contribution in [3.63, 3.8) is 0 Å². The third kappa shape index (κ3) is 2.83. The topological polar surface area (TPSA) is 98.1 Å². The quantitative estimate of drug-likeness (QED) is 0.762. The highest BCUT2D eigenvalue weighted by molar-refractivity contribution is 5.79. The zero-order chi connectivity index (χ0) is 12.4. The Bertz CT molecular complexity index is 430. The van der Waals surface area contributed by atoms with Crippen molar-refractivity contribution in [3.05, 3.63) is 11.9 Å². The van der Waals surface area contributed by atoms with E-state index in [4.69, 9.17) is 11.5 Å². The molecule has 1 amide bonds. The third-order valence-corrected chi connectivity index (χ3v) is 2.74. The molecule has 1 aliphatic rings. The maximum Gasteiger partial charge on any atom is 0.236 e. The molecule has 6 heteroatoms. The number of hydrogen-bond acceptors (Lipinski definition) is 5. The van der Waals surface area contributed by atoms with Crippen LogP contribution in [0.2, 0.25) is 0 Å². The van der Waals surface area contributed by atoms with Crippen molar-refractivity contribution in [2.75, 3.05) is 23.7 Å². The van der Waals surface area contributed by atoms with Crippen molar-refractivity contribution < 1.29 is 4.79 Å². The minimum Gasteiger partial charge on any atom is -0.384 e. The predicted molar refractivity (Wildman–Crippen MR) is 65.5 cm³/mol. The number of aromatic nitrogens is 2. The van der Waals surface area contributed by atoms with E-state index in [0.29, 0.717) is 24.1 Å². The largest absolute Gasteiger partial charge is 0.384 e. The second-order valence-electron chi connectivity index (χ2n) is 4.26. The molecule has 0 aliphatic heterocycles. The van der Waals surface area contributed by atoms with Gasteiger partial charge in [-0.2, -0.15) is 0 Å². The number of likely N-dealkylation sites (N-methyl/N-ethyl adjacent to an activating group) is 1. The van der Waals surface area contributed by atoms with Gasteiger partial charge in [0.25, 0.3) is 0 Å². The monoisotopic (exact) mass is 235 g/mol. The van der Waals surface area contributed by atoms with Crippen LogP contribution >= 0.6 is 0 Å². The van der Waals surface area contributed by atoms with Crippen LogP contribution in [0, 0.1) is 0 Å². The van der Waals surface area contributed by atoms with Gasteiger partial charge in [-0.25, -0.2) is 9.97 Å². The minimum atomic E-state index is -0.378. The second kappa shape index (κ2) is 4.57. The molecule has 0 spiro atoms. The summed E-state index contributed by atoms with van der Waals surface area (Å²) in [5.74, 6) is 1.96. The lowest BCUT2D eigenvalue weighted by Gasteiger charge is -2.20. The Hall–Kier alpha value is -1.85. The highest BCUT2D eigenvalue weighted by atomic mass is 16.1. The first-order valence-electron chi connectivity index (χ1n) is 5.78. The summed E-state index contributed by atoms with van der Waals surface area (Å²) in [4.78, 5) is 21.4. The molecule has 2 rings (SSSR count). The smallest absolute Gasteiger partial charge is 0.236 e. The van der Waals surface area contributed by atoms with Gasteiger partial charge in [0.15, 0.2) is 0 Å². The van der Waals surface area contributed by atoms with Crippen LogP contribution in [0.5, 0.6) is 0 Å². The Morgan fingerprint density at radius 1 is 1.53 bits per heavy atom. The van der Waals surface area contributed by atoms with E-state index < -0.39 is 0 Å². The van der Waals surface area contributed by atoms with Gasteiger partial charge in [0, 0.05) is 18.5 Å². The molecule has 1 saturated carbocycles. The van der Waals surface area contributed by atoms with Gasteiger partial charge in [-0.3, -0.25) is 4.79 Å². The summed E-state index contributed by atoms with van der Waals surface area (Å²) in [5, 5.41) is 0. The molecule has 0 atom stereocenters. The molecule has 4 N–H and O–H groups in total. The molecular formula is C11H17N5O. The minimum absolute atomic E-state index is 0.150. The molecule has 0 bridgehead atoms. The summed E-state index contributed by atoms with van der Waals surface area (Å²) in [7, 11) is 0. The Morgan fingerprint density at radius 3 is 2.76 bits per heavy atom. The first kappa shape index (κ1) is 11.6. The molecule has 17 heavy (non-hydrogen) atoms. The van der Waals surface area contributed by atoms with Crippen LogP contribution in [0.15, 0.2) is 6.07 Å².